The summed E-state index contributed by atoms with van der Waals surface area (Å²) in [5, 5.41) is 20.9. The molecule has 8 atom stereocenters. The fraction of sp³-hybridized carbons (Fsp3) is 0.842. The van der Waals surface area contributed by atoms with E-state index in [-0.39, 0.29) is 40.6 Å². The third-order valence-electron chi connectivity index (χ3n) is 8.02. The van der Waals surface area contributed by atoms with Gasteiger partial charge in [0, 0.05) is 6.42 Å². The van der Waals surface area contributed by atoms with Gasteiger partial charge in [-0.3, -0.25) is 4.79 Å². The van der Waals surface area contributed by atoms with E-state index in [1.807, 2.05) is 6.08 Å². The first-order valence-electron chi connectivity index (χ1n) is 9.13. The van der Waals surface area contributed by atoms with Gasteiger partial charge in [0.2, 0.25) is 0 Å². The summed E-state index contributed by atoms with van der Waals surface area (Å²) in [5.74, 6) is 0.904. The van der Waals surface area contributed by atoms with Crippen LogP contribution in [0, 0.1) is 28.6 Å². The summed E-state index contributed by atoms with van der Waals surface area (Å²) in [7, 11) is 0. The Labute approximate surface area is 138 Å². The van der Waals surface area contributed by atoms with Crippen molar-refractivity contribution >= 4 is 5.78 Å². The van der Waals surface area contributed by atoms with Crippen molar-refractivity contribution in [2.75, 3.05) is 0 Å². The van der Waals surface area contributed by atoms with E-state index in [9.17, 15) is 15.0 Å². The molecule has 4 nitrogen and oxygen atoms in total. The Hall–Kier alpha value is -0.710. The number of fused-ring (bicyclic) bond motifs is 5. The lowest BCUT2D eigenvalue weighted by molar-refractivity contribution is -0.119. The molecular formula is C19H29NO3. The van der Waals surface area contributed by atoms with Crippen molar-refractivity contribution < 1.29 is 15.0 Å². The molecule has 4 heteroatoms. The number of hydrogen-bond donors (Lipinski definition) is 3. The van der Waals surface area contributed by atoms with E-state index in [2.05, 4.69) is 13.8 Å². The minimum absolute atomic E-state index is 0.0696. The van der Waals surface area contributed by atoms with Crippen molar-refractivity contribution in [1.29, 1.82) is 0 Å². The van der Waals surface area contributed by atoms with Gasteiger partial charge in [0.25, 0.3) is 0 Å². The quantitative estimate of drug-likeness (QED) is 0.594. The van der Waals surface area contributed by atoms with Crippen LogP contribution in [0.3, 0.4) is 0 Å². The predicted molar refractivity (Wildman–Crippen MR) is 87.5 cm³/mol. The van der Waals surface area contributed by atoms with Crippen LogP contribution >= 0.6 is 0 Å². The van der Waals surface area contributed by atoms with Crippen molar-refractivity contribution in [3.8, 4) is 0 Å². The molecule has 0 radical (unpaired) electrons. The highest BCUT2D eigenvalue weighted by Gasteiger charge is 2.62. The Bertz CT molecular complexity index is 573. The second-order valence-electron chi connectivity index (χ2n) is 8.98. The van der Waals surface area contributed by atoms with Crippen LogP contribution < -0.4 is 5.73 Å². The molecule has 4 rings (SSSR count). The van der Waals surface area contributed by atoms with Gasteiger partial charge in [-0.1, -0.05) is 25.5 Å². The van der Waals surface area contributed by atoms with Gasteiger partial charge in [-0.15, -0.1) is 0 Å². The molecule has 0 heterocycles. The molecule has 128 valence electrons. The number of ketones is 1. The van der Waals surface area contributed by atoms with E-state index in [1.165, 1.54) is 5.57 Å². The first-order valence-corrected chi connectivity index (χ1v) is 9.13. The molecular weight excluding hydrogens is 290 g/mol. The maximum absolute atomic E-state index is 12.3. The normalized spacial score (nSPS) is 55.7. The van der Waals surface area contributed by atoms with E-state index < -0.39 is 6.10 Å². The third-order valence-corrected chi connectivity index (χ3v) is 8.02. The molecule has 0 saturated heterocycles. The highest BCUT2D eigenvalue weighted by molar-refractivity contribution is 5.87. The summed E-state index contributed by atoms with van der Waals surface area (Å²) in [4.78, 5) is 12.3. The van der Waals surface area contributed by atoms with Crippen molar-refractivity contribution in [2.24, 2.45) is 34.3 Å². The van der Waals surface area contributed by atoms with Gasteiger partial charge in [0.05, 0.1) is 18.2 Å². The maximum atomic E-state index is 12.3. The number of hydrogen-bond acceptors (Lipinski definition) is 4. The molecule has 0 aromatic carbocycles. The van der Waals surface area contributed by atoms with Gasteiger partial charge in [0.15, 0.2) is 0 Å². The standard InChI is InChI=1S/C19H29NO3/c1-18-5-3-11(21)7-10(18)8-14(22)16-12(18)4-6-19(2)13(16)9-15(23)17(19)20/h8,11-14,16-17,21-22H,3-7,9,20H2,1-2H3/t11-,12-,13+,14-,16+,17-,18-,19-/m0/s1. The van der Waals surface area contributed by atoms with Crippen molar-refractivity contribution in [1.82, 2.24) is 0 Å². The molecule has 23 heavy (non-hydrogen) atoms. The molecule has 3 fully saturated rings. The Kier molecular flexibility index (Phi) is 3.37. The van der Waals surface area contributed by atoms with Gasteiger partial charge in [-0.2, -0.15) is 0 Å². The van der Waals surface area contributed by atoms with E-state index in [4.69, 9.17) is 5.73 Å². The smallest absolute Gasteiger partial charge is 0.150 e. The third kappa shape index (κ3) is 1.98. The lowest BCUT2D eigenvalue weighted by Gasteiger charge is -2.58. The summed E-state index contributed by atoms with van der Waals surface area (Å²) >= 11 is 0. The van der Waals surface area contributed by atoms with Crippen LogP contribution in [0.2, 0.25) is 0 Å². The summed E-state index contributed by atoms with van der Waals surface area (Å²) < 4.78 is 0. The molecule has 3 saturated carbocycles. The second kappa shape index (κ2) is 4.90. The largest absolute Gasteiger partial charge is 0.393 e. The Morgan fingerprint density at radius 3 is 2.61 bits per heavy atom. The first kappa shape index (κ1) is 15.8. The number of aliphatic hydroxyl groups excluding tert-OH is 2. The minimum atomic E-state index is -0.504. The van der Waals surface area contributed by atoms with Crippen molar-refractivity contribution in [3.05, 3.63) is 11.6 Å². The number of Topliss-reactive ketones (excluding diaryl/α,β-unsaturated/α-hetero) is 1. The SMILES string of the molecule is C[C@]12CC[C@H]3[C@H]([C@H]1CC(=O)[C@@H]2N)[C@@H](O)C=C1C[C@@H](O)CC[C@@]13C. The average molecular weight is 319 g/mol. The molecule has 0 aromatic heterocycles. The lowest BCUT2D eigenvalue weighted by Crippen LogP contribution is -2.56. The molecule has 0 spiro atoms. The zero-order chi connectivity index (χ0) is 16.6. The summed E-state index contributed by atoms with van der Waals surface area (Å²) in [6.07, 6.45) is 6.27. The van der Waals surface area contributed by atoms with E-state index in [0.29, 0.717) is 18.8 Å². The molecule has 0 amide bonds. The molecule has 0 unspecified atom stereocenters. The highest BCUT2D eigenvalue weighted by atomic mass is 16.3. The monoisotopic (exact) mass is 319 g/mol. The fourth-order valence-corrected chi connectivity index (χ4v) is 6.47. The van der Waals surface area contributed by atoms with E-state index in [0.717, 1.165) is 25.7 Å². The van der Waals surface area contributed by atoms with E-state index in [1.54, 1.807) is 0 Å². The number of nitrogens with two attached hydrogens (primary N) is 1. The van der Waals surface area contributed by atoms with Crippen LogP contribution in [-0.4, -0.2) is 34.2 Å². The summed E-state index contributed by atoms with van der Waals surface area (Å²) in [6, 6.07) is -0.369. The zero-order valence-electron chi connectivity index (χ0n) is 14.2. The Morgan fingerprint density at radius 2 is 1.87 bits per heavy atom. The van der Waals surface area contributed by atoms with Gasteiger partial charge >= 0.3 is 0 Å². The lowest BCUT2D eigenvalue weighted by atomic mass is 9.47. The Morgan fingerprint density at radius 1 is 1.13 bits per heavy atom. The van der Waals surface area contributed by atoms with Crippen molar-refractivity contribution in [3.63, 3.8) is 0 Å². The molecule has 0 aliphatic heterocycles. The van der Waals surface area contributed by atoms with Crippen molar-refractivity contribution in [2.45, 2.75) is 70.6 Å². The molecule has 4 aliphatic carbocycles. The van der Waals surface area contributed by atoms with Gasteiger partial charge in [0.1, 0.15) is 5.78 Å². The highest BCUT2D eigenvalue weighted by Crippen LogP contribution is 2.63. The molecule has 0 aromatic rings. The molecule has 0 bridgehead atoms. The van der Waals surface area contributed by atoms with E-state index >= 15 is 0 Å². The topological polar surface area (TPSA) is 83.6 Å². The fourth-order valence-electron chi connectivity index (χ4n) is 6.47. The van der Waals surface area contributed by atoms with Gasteiger partial charge < -0.3 is 15.9 Å². The first-order chi connectivity index (χ1) is 10.8. The average Bonchev–Trinajstić information content (AvgIpc) is 2.73. The number of carbonyl (C=O) groups is 1. The summed E-state index contributed by atoms with van der Waals surface area (Å²) in [6.45, 7) is 4.47. The Balaban J connectivity index is 1.75. The summed E-state index contributed by atoms with van der Waals surface area (Å²) in [5.41, 5.74) is 7.39. The zero-order valence-corrected chi connectivity index (χ0v) is 14.2. The number of rotatable bonds is 0. The molecule has 4 aliphatic rings. The van der Waals surface area contributed by atoms with Crippen LogP contribution in [0.15, 0.2) is 11.6 Å². The molecule has 4 N–H and O–H groups in total. The second-order valence-corrected chi connectivity index (χ2v) is 8.98. The number of carbonyl (C=O) groups excluding carboxylic acids is 1. The number of aliphatic hydroxyl groups is 2. The van der Waals surface area contributed by atoms with Crippen LogP contribution in [0.1, 0.15) is 52.4 Å². The van der Waals surface area contributed by atoms with Crippen LogP contribution in [-0.2, 0) is 4.79 Å². The minimum Gasteiger partial charge on any atom is -0.393 e. The van der Waals surface area contributed by atoms with Crippen LogP contribution in [0.4, 0.5) is 0 Å². The van der Waals surface area contributed by atoms with Crippen LogP contribution in [0.5, 0.6) is 0 Å². The predicted octanol–water partition coefficient (Wildman–Crippen LogP) is 1.79. The van der Waals surface area contributed by atoms with Crippen LogP contribution in [0.25, 0.3) is 0 Å². The maximum Gasteiger partial charge on any atom is 0.150 e. The van der Waals surface area contributed by atoms with Gasteiger partial charge in [-0.05, 0) is 60.7 Å². The van der Waals surface area contributed by atoms with Gasteiger partial charge in [-0.25, -0.2) is 0 Å².